The zero-order chi connectivity index (χ0) is 21.3. The Kier molecular flexibility index (Phi) is 5.41. The largest absolute Gasteiger partial charge is 0.507 e. The van der Waals surface area contributed by atoms with Crippen LogP contribution in [-0.4, -0.2) is 52.2 Å². The number of H-pyrrole nitrogens is 1. The third kappa shape index (κ3) is 3.61. The molecule has 1 aliphatic heterocycles. The number of carbonyl (C=O) groups is 2. The van der Waals surface area contributed by atoms with Crippen LogP contribution in [0.5, 0.6) is 11.5 Å². The zero-order valence-corrected chi connectivity index (χ0v) is 16.9. The van der Waals surface area contributed by atoms with Gasteiger partial charge < -0.3 is 19.5 Å². The molecule has 0 fully saturated rings. The Bertz CT molecular complexity index is 1120. The standard InChI is InChI=1S/C22H23N3O5/c1-3-19(26)21-16-9-17(20(27)10-18(16)23-24-21)22(28)25-11-13-4-5-15(8-14(13)12-25)30-7-6-29-2/h4-5,8-10,27H,3,6-7,11-12H2,1-2H3,(H,23,24). The number of carbonyl (C=O) groups excluding carboxylic acids is 2. The summed E-state index contributed by atoms with van der Waals surface area (Å²) in [5.74, 6) is 0.153. The van der Waals surface area contributed by atoms with E-state index in [1.807, 2.05) is 18.2 Å². The number of ether oxygens (including phenoxy) is 2. The number of aromatic hydroxyl groups is 1. The number of aromatic nitrogens is 2. The second-order valence-electron chi connectivity index (χ2n) is 7.20. The van der Waals surface area contributed by atoms with E-state index in [1.165, 1.54) is 6.07 Å². The van der Waals surface area contributed by atoms with Gasteiger partial charge in [0.25, 0.3) is 5.91 Å². The van der Waals surface area contributed by atoms with Gasteiger partial charge in [0, 0.05) is 38.1 Å². The Morgan fingerprint density at radius 1 is 1.17 bits per heavy atom. The molecule has 2 heterocycles. The van der Waals surface area contributed by atoms with E-state index in [0.717, 1.165) is 16.9 Å². The van der Waals surface area contributed by atoms with Crippen LogP contribution in [0.4, 0.5) is 0 Å². The Hall–Kier alpha value is -3.39. The summed E-state index contributed by atoms with van der Waals surface area (Å²) in [5.41, 5.74) is 2.99. The zero-order valence-electron chi connectivity index (χ0n) is 16.9. The summed E-state index contributed by atoms with van der Waals surface area (Å²) in [7, 11) is 1.62. The molecule has 2 N–H and O–H groups in total. The number of phenolic OH excluding ortho intramolecular Hbond substituents is 1. The van der Waals surface area contributed by atoms with Crippen LogP contribution in [0.15, 0.2) is 30.3 Å². The van der Waals surface area contributed by atoms with Crippen molar-refractivity contribution >= 4 is 22.6 Å². The highest BCUT2D eigenvalue weighted by molar-refractivity contribution is 6.09. The number of methoxy groups -OCH3 is 1. The molecule has 1 aliphatic rings. The number of Topliss-reactive ketones (excluding diaryl/α,β-unsaturated/α-hetero) is 1. The van der Waals surface area contributed by atoms with Gasteiger partial charge in [0.2, 0.25) is 0 Å². The number of amides is 1. The maximum atomic E-state index is 13.2. The Morgan fingerprint density at radius 2 is 1.97 bits per heavy atom. The molecule has 0 spiro atoms. The molecule has 3 aromatic rings. The van der Waals surface area contributed by atoms with Crippen LogP contribution in [-0.2, 0) is 17.8 Å². The molecule has 30 heavy (non-hydrogen) atoms. The normalized spacial score (nSPS) is 12.9. The van der Waals surface area contributed by atoms with E-state index in [4.69, 9.17) is 9.47 Å². The van der Waals surface area contributed by atoms with Crippen molar-refractivity contribution in [2.75, 3.05) is 20.3 Å². The van der Waals surface area contributed by atoms with Gasteiger partial charge in [-0.15, -0.1) is 0 Å². The number of aromatic amines is 1. The summed E-state index contributed by atoms with van der Waals surface area (Å²) in [6.45, 7) is 3.56. The minimum Gasteiger partial charge on any atom is -0.507 e. The third-order valence-electron chi connectivity index (χ3n) is 5.24. The Morgan fingerprint density at radius 3 is 2.73 bits per heavy atom. The summed E-state index contributed by atoms with van der Waals surface area (Å²) in [6, 6.07) is 8.73. The third-order valence-corrected chi connectivity index (χ3v) is 5.24. The molecule has 0 bridgehead atoms. The molecule has 0 aliphatic carbocycles. The lowest BCUT2D eigenvalue weighted by molar-refractivity contribution is 0.0748. The summed E-state index contributed by atoms with van der Waals surface area (Å²) < 4.78 is 10.6. The monoisotopic (exact) mass is 409 g/mol. The van der Waals surface area contributed by atoms with E-state index < -0.39 is 0 Å². The average Bonchev–Trinajstić information content (AvgIpc) is 3.35. The summed E-state index contributed by atoms with van der Waals surface area (Å²) in [6.07, 6.45) is 0.306. The predicted octanol–water partition coefficient (Wildman–Crippen LogP) is 3.04. The summed E-state index contributed by atoms with van der Waals surface area (Å²) >= 11 is 0. The number of nitrogens with zero attached hydrogens (tertiary/aromatic N) is 2. The number of benzene rings is 2. The van der Waals surface area contributed by atoms with Crippen molar-refractivity contribution in [1.82, 2.24) is 15.1 Å². The summed E-state index contributed by atoms with van der Waals surface area (Å²) in [4.78, 5) is 26.9. The number of rotatable bonds is 7. The van der Waals surface area contributed by atoms with E-state index in [2.05, 4.69) is 10.2 Å². The van der Waals surface area contributed by atoms with Crippen molar-refractivity contribution in [3.8, 4) is 11.5 Å². The molecule has 0 saturated carbocycles. The van der Waals surface area contributed by atoms with Gasteiger partial charge >= 0.3 is 0 Å². The fourth-order valence-corrected chi connectivity index (χ4v) is 3.62. The number of hydrogen-bond donors (Lipinski definition) is 2. The van der Waals surface area contributed by atoms with Gasteiger partial charge in [-0.3, -0.25) is 14.7 Å². The molecule has 4 rings (SSSR count). The van der Waals surface area contributed by atoms with E-state index in [9.17, 15) is 14.7 Å². The van der Waals surface area contributed by atoms with Crippen molar-refractivity contribution in [3.05, 3.63) is 52.7 Å². The first-order valence-electron chi connectivity index (χ1n) is 9.79. The SMILES string of the molecule is CCC(=O)c1n[nH]c2cc(O)c(C(=O)N3Cc4ccc(OCCOC)cc4C3)cc12. The Labute approximate surface area is 173 Å². The smallest absolute Gasteiger partial charge is 0.258 e. The number of fused-ring (bicyclic) bond motifs is 2. The van der Waals surface area contributed by atoms with Gasteiger partial charge in [-0.05, 0) is 29.3 Å². The highest BCUT2D eigenvalue weighted by Crippen LogP contribution is 2.32. The fraction of sp³-hybridized carbons (Fsp3) is 0.318. The molecule has 1 aromatic heterocycles. The first-order chi connectivity index (χ1) is 14.5. The highest BCUT2D eigenvalue weighted by Gasteiger charge is 2.27. The minimum atomic E-state index is -0.302. The van der Waals surface area contributed by atoms with Crippen molar-refractivity contribution < 1.29 is 24.2 Å². The molecule has 0 atom stereocenters. The molecule has 2 aromatic carbocycles. The van der Waals surface area contributed by atoms with Crippen LogP contribution in [0.3, 0.4) is 0 Å². The topological polar surface area (TPSA) is 105 Å². The molecule has 0 unspecified atom stereocenters. The maximum absolute atomic E-state index is 13.2. The first kappa shape index (κ1) is 19.9. The highest BCUT2D eigenvalue weighted by atomic mass is 16.5. The lowest BCUT2D eigenvalue weighted by atomic mass is 10.1. The number of phenols is 1. The lowest BCUT2D eigenvalue weighted by Crippen LogP contribution is -2.25. The van der Waals surface area contributed by atoms with Gasteiger partial charge in [-0.1, -0.05) is 13.0 Å². The number of nitrogens with one attached hydrogen (secondary N) is 1. The average molecular weight is 409 g/mol. The number of ketones is 1. The van der Waals surface area contributed by atoms with Gasteiger partial charge in [-0.25, -0.2) is 0 Å². The molecule has 156 valence electrons. The lowest BCUT2D eigenvalue weighted by Gasteiger charge is -2.16. The molecule has 0 saturated heterocycles. The van der Waals surface area contributed by atoms with Crippen molar-refractivity contribution in [2.45, 2.75) is 26.4 Å². The maximum Gasteiger partial charge on any atom is 0.258 e. The first-order valence-corrected chi connectivity index (χ1v) is 9.79. The van der Waals surface area contributed by atoms with Crippen molar-refractivity contribution in [1.29, 1.82) is 0 Å². The summed E-state index contributed by atoms with van der Waals surface area (Å²) in [5, 5.41) is 17.7. The second kappa shape index (κ2) is 8.16. The quantitative estimate of drug-likeness (QED) is 0.459. The van der Waals surface area contributed by atoms with E-state index in [-0.39, 0.29) is 28.7 Å². The molecular formula is C22H23N3O5. The Balaban J connectivity index is 1.58. The minimum absolute atomic E-state index is 0.125. The van der Waals surface area contributed by atoms with Gasteiger partial charge in [0.1, 0.15) is 23.8 Å². The molecule has 8 heteroatoms. The van der Waals surface area contributed by atoms with E-state index in [0.29, 0.717) is 43.6 Å². The van der Waals surface area contributed by atoms with Crippen LogP contribution < -0.4 is 4.74 Å². The van der Waals surface area contributed by atoms with Crippen molar-refractivity contribution in [2.24, 2.45) is 0 Å². The van der Waals surface area contributed by atoms with E-state index in [1.54, 1.807) is 25.0 Å². The number of hydrogen-bond acceptors (Lipinski definition) is 6. The van der Waals surface area contributed by atoms with Crippen LogP contribution in [0, 0.1) is 0 Å². The fourth-order valence-electron chi connectivity index (χ4n) is 3.62. The molecular weight excluding hydrogens is 386 g/mol. The van der Waals surface area contributed by atoms with Crippen LogP contribution in [0.25, 0.3) is 10.9 Å². The van der Waals surface area contributed by atoms with Crippen molar-refractivity contribution in [3.63, 3.8) is 0 Å². The molecule has 1 amide bonds. The van der Waals surface area contributed by atoms with Gasteiger partial charge in [-0.2, -0.15) is 5.10 Å². The molecule has 0 radical (unpaired) electrons. The second-order valence-corrected chi connectivity index (χ2v) is 7.20. The van der Waals surface area contributed by atoms with Gasteiger partial charge in [0.15, 0.2) is 5.78 Å². The van der Waals surface area contributed by atoms with Crippen LogP contribution in [0.2, 0.25) is 0 Å². The van der Waals surface area contributed by atoms with Crippen LogP contribution >= 0.6 is 0 Å². The molecule has 8 nitrogen and oxygen atoms in total. The van der Waals surface area contributed by atoms with E-state index >= 15 is 0 Å². The van der Waals surface area contributed by atoms with Crippen LogP contribution in [0.1, 0.15) is 45.3 Å². The predicted molar refractivity (Wildman–Crippen MR) is 110 cm³/mol. The van der Waals surface area contributed by atoms with Gasteiger partial charge in [0.05, 0.1) is 17.7 Å².